The Hall–Kier alpha value is -7.16. The van der Waals surface area contributed by atoms with Crippen LogP contribution in [0.2, 0.25) is 0 Å². The van der Waals surface area contributed by atoms with Gasteiger partial charge < -0.3 is 35.6 Å². The number of nitrogens with one attached hydrogen (secondary N) is 5. The van der Waals surface area contributed by atoms with Crippen LogP contribution in [-0.2, 0) is 30.4 Å². The van der Waals surface area contributed by atoms with Crippen LogP contribution in [0, 0.1) is 5.92 Å². The van der Waals surface area contributed by atoms with Crippen molar-refractivity contribution in [3.8, 4) is 11.5 Å². The molecule has 2 aliphatic heterocycles. The molecule has 1 saturated carbocycles. The number of ether oxygens (including phenoxy) is 2. The largest absolute Gasteiger partial charge is 0.444 e. The number of imide groups is 1. The number of nitrogens with zero attached hydrogens (tertiary/aromatic N) is 5. The Morgan fingerprint density at radius 2 is 1.70 bits per heavy atom. The molecule has 2 unspecified atom stereocenters. The van der Waals surface area contributed by atoms with Crippen LogP contribution in [0.3, 0.4) is 0 Å². The fraction of sp³-hybridized carbons (Fsp3) is 0.349. The van der Waals surface area contributed by atoms with Crippen LogP contribution >= 0.6 is 0 Å². The van der Waals surface area contributed by atoms with Gasteiger partial charge in [0.15, 0.2) is 5.69 Å². The third-order valence-corrected chi connectivity index (χ3v) is 10.8. The van der Waals surface area contributed by atoms with Gasteiger partial charge in [-0.2, -0.15) is 0 Å². The van der Waals surface area contributed by atoms with Crippen molar-refractivity contribution in [3.05, 3.63) is 107 Å². The van der Waals surface area contributed by atoms with Crippen LogP contribution in [-0.4, -0.2) is 94.2 Å². The minimum atomic E-state index is -1.05. The highest BCUT2D eigenvalue weighted by Crippen LogP contribution is 2.29. The molecule has 5 aromatic rings. The molecule has 8 rings (SSSR count). The van der Waals surface area contributed by atoms with Gasteiger partial charge in [0.2, 0.25) is 23.6 Å². The Morgan fingerprint density at radius 1 is 0.921 bits per heavy atom. The van der Waals surface area contributed by atoms with Gasteiger partial charge in [-0.05, 0) is 80.1 Å². The number of nitrogens with two attached hydrogens (primary N) is 1. The summed E-state index contributed by atoms with van der Waals surface area (Å²) in [6.07, 6.45) is 7.92. The zero-order chi connectivity index (χ0) is 43.9. The second-order valence-electron chi connectivity index (χ2n) is 15.3. The molecule has 3 aliphatic rings. The minimum Gasteiger partial charge on any atom is -0.444 e. The average molecular weight is 862 g/mol. The van der Waals surface area contributed by atoms with Gasteiger partial charge in [0.1, 0.15) is 24.2 Å². The molecule has 2 aromatic carbocycles. The standard InChI is InChI=1S/C43H47N11O9/c44-38(56)37-30(48-40(58)31-25-63-42(49-31)28-14-15-45-35(22-28)47-23-26-8-9-26)24-53(51-37)29-12-10-27(11-13-29)39(57)46-16-18-61-20-21-62-19-17-52-32-4-1-2-5-33(32)54(43(52)60)34-6-3-7-36(55)50-41(34)59/h1-2,4-5,10-15,22,24-26,34,37,51H,3,6-9,16-21,23H2,(H2,44,56)(H,45,47)(H,46,57)(H,48,58)(H,50,55,59). The quantitative estimate of drug-likeness (QED) is 0.0513. The number of hydrogen-bond acceptors (Lipinski definition) is 14. The lowest BCUT2D eigenvalue weighted by Crippen LogP contribution is -2.47. The molecule has 2 atom stereocenters. The topological polar surface area (TPSA) is 259 Å². The van der Waals surface area contributed by atoms with E-state index in [1.807, 2.05) is 12.1 Å². The summed E-state index contributed by atoms with van der Waals surface area (Å²) in [6.45, 7) is 2.30. The maximum atomic E-state index is 13.5. The summed E-state index contributed by atoms with van der Waals surface area (Å²) >= 11 is 0. The van der Waals surface area contributed by atoms with Gasteiger partial charge in [-0.3, -0.25) is 43.4 Å². The highest BCUT2D eigenvalue weighted by atomic mass is 16.5. The van der Waals surface area contributed by atoms with Crippen molar-refractivity contribution >= 4 is 52.1 Å². The molecule has 2 fully saturated rings. The highest BCUT2D eigenvalue weighted by molar-refractivity contribution is 5.99. The predicted octanol–water partition coefficient (Wildman–Crippen LogP) is 1.96. The molecule has 20 nitrogen and oxygen atoms in total. The fourth-order valence-electron chi connectivity index (χ4n) is 7.32. The number of rotatable bonds is 19. The smallest absolute Gasteiger partial charge is 0.329 e. The van der Waals surface area contributed by atoms with E-state index in [4.69, 9.17) is 19.6 Å². The Labute approximate surface area is 360 Å². The van der Waals surface area contributed by atoms with Crippen LogP contribution in [0.25, 0.3) is 22.5 Å². The van der Waals surface area contributed by atoms with E-state index in [9.17, 15) is 28.8 Å². The normalized spacial score (nSPS) is 17.6. The fourth-order valence-corrected chi connectivity index (χ4v) is 7.32. The molecular formula is C43H47N11O9. The molecule has 5 amide bonds. The van der Waals surface area contributed by atoms with Crippen molar-refractivity contribution in [1.82, 2.24) is 40.5 Å². The van der Waals surface area contributed by atoms with Crippen molar-refractivity contribution in [2.75, 3.05) is 49.8 Å². The molecule has 0 radical (unpaired) electrons. The Kier molecular flexibility index (Phi) is 13.0. The van der Waals surface area contributed by atoms with E-state index in [-0.39, 0.29) is 80.7 Å². The summed E-state index contributed by atoms with van der Waals surface area (Å²) in [5.41, 5.74) is 11.3. The van der Waals surface area contributed by atoms with Crippen molar-refractivity contribution in [2.24, 2.45) is 11.7 Å². The van der Waals surface area contributed by atoms with Crippen molar-refractivity contribution in [2.45, 2.75) is 50.7 Å². The number of para-hydroxylation sites is 2. The Morgan fingerprint density at radius 3 is 2.48 bits per heavy atom. The van der Waals surface area contributed by atoms with Crippen LogP contribution in [0.1, 0.15) is 59.0 Å². The number of anilines is 2. The van der Waals surface area contributed by atoms with Crippen molar-refractivity contribution in [3.63, 3.8) is 0 Å². The lowest BCUT2D eigenvalue weighted by molar-refractivity contribution is -0.131. The lowest BCUT2D eigenvalue weighted by Gasteiger charge is -2.18. The molecular weight excluding hydrogens is 815 g/mol. The summed E-state index contributed by atoms with van der Waals surface area (Å²) in [5.74, 6) is -0.878. The number of pyridine rings is 1. The number of carbonyl (C=O) groups excluding carboxylic acids is 5. The van der Waals surface area contributed by atoms with Crippen LogP contribution in [0.15, 0.2) is 94.2 Å². The van der Waals surface area contributed by atoms with Crippen molar-refractivity contribution in [1.29, 1.82) is 0 Å². The third kappa shape index (κ3) is 10.1. The Balaban J connectivity index is 0.765. The number of imidazole rings is 1. The molecule has 1 aliphatic carbocycles. The van der Waals surface area contributed by atoms with Crippen LogP contribution in [0.4, 0.5) is 11.5 Å². The molecule has 20 heteroatoms. The van der Waals surface area contributed by atoms with Crippen LogP contribution in [0.5, 0.6) is 0 Å². The average Bonchev–Trinajstić information content (AvgIpc) is 3.74. The summed E-state index contributed by atoms with van der Waals surface area (Å²) in [5, 5.41) is 12.7. The van der Waals surface area contributed by atoms with Gasteiger partial charge in [0, 0.05) is 43.0 Å². The van der Waals surface area contributed by atoms with Gasteiger partial charge in [-0.25, -0.2) is 20.2 Å². The number of benzene rings is 2. The van der Waals surface area contributed by atoms with E-state index in [2.05, 4.69) is 36.7 Å². The van der Waals surface area contributed by atoms with Gasteiger partial charge >= 0.3 is 5.69 Å². The van der Waals surface area contributed by atoms with Gasteiger partial charge in [0.05, 0.1) is 55.4 Å². The maximum Gasteiger partial charge on any atom is 0.329 e. The third-order valence-electron chi connectivity index (χ3n) is 10.8. The van der Waals surface area contributed by atoms with E-state index in [0.717, 1.165) is 6.54 Å². The van der Waals surface area contributed by atoms with E-state index >= 15 is 0 Å². The second-order valence-corrected chi connectivity index (χ2v) is 15.3. The van der Waals surface area contributed by atoms with E-state index < -0.39 is 29.8 Å². The zero-order valence-corrected chi connectivity index (χ0v) is 34.2. The Bertz CT molecular complexity index is 2600. The molecule has 1 saturated heterocycles. The number of amides is 5. The number of aromatic nitrogens is 4. The number of primary amides is 1. The molecule has 0 spiro atoms. The van der Waals surface area contributed by atoms with Crippen molar-refractivity contribution < 1.29 is 37.9 Å². The predicted molar refractivity (Wildman–Crippen MR) is 228 cm³/mol. The SMILES string of the molecule is NC(=O)C1NN(c2ccc(C(=O)NCCOCCOCCn3c(=O)n(C4CCCC(=O)NC4=O)c4ccccc43)cc2)C=C1NC(=O)c1coc(-c2ccnc(NCC3CC3)c2)n1. The molecule has 328 valence electrons. The second kappa shape index (κ2) is 19.3. The van der Waals surface area contributed by atoms with Gasteiger partial charge in [0.25, 0.3) is 11.8 Å². The molecule has 7 N–H and O–H groups in total. The monoisotopic (exact) mass is 861 g/mol. The van der Waals surface area contributed by atoms with Gasteiger partial charge in [-0.1, -0.05) is 12.1 Å². The number of hydrazine groups is 1. The first-order chi connectivity index (χ1) is 30.6. The van der Waals surface area contributed by atoms with E-state index in [1.165, 1.54) is 34.9 Å². The number of hydrogen-bond donors (Lipinski definition) is 6. The molecule has 3 aromatic heterocycles. The summed E-state index contributed by atoms with van der Waals surface area (Å²) in [4.78, 5) is 85.2. The van der Waals surface area contributed by atoms with Crippen LogP contribution < -0.4 is 43.1 Å². The summed E-state index contributed by atoms with van der Waals surface area (Å²) in [7, 11) is 0. The number of fused-ring (bicyclic) bond motifs is 1. The molecule has 5 heterocycles. The van der Waals surface area contributed by atoms with E-state index in [1.54, 1.807) is 59.3 Å². The first-order valence-electron chi connectivity index (χ1n) is 20.7. The summed E-state index contributed by atoms with van der Waals surface area (Å²) in [6, 6.07) is 15.5. The molecule has 63 heavy (non-hydrogen) atoms. The highest BCUT2D eigenvalue weighted by Gasteiger charge is 2.32. The number of oxazole rings is 1. The number of carbonyl (C=O) groups is 5. The van der Waals surface area contributed by atoms with Gasteiger partial charge in [-0.15, -0.1) is 0 Å². The lowest BCUT2D eigenvalue weighted by atomic mass is 10.1. The minimum absolute atomic E-state index is 0.00242. The maximum absolute atomic E-state index is 13.5. The first kappa shape index (κ1) is 42.5. The molecule has 0 bridgehead atoms. The summed E-state index contributed by atoms with van der Waals surface area (Å²) < 4.78 is 20.0. The zero-order valence-electron chi connectivity index (χ0n) is 34.2. The first-order valence-corrected chi connectivity index (χ1v) is 20.7. The van der Waals surface area contributed by atoms with E-state index in [0.29, 0.717) is 52.4 Å².